The van der Waals surface area contributed by atoms with E-state index in [-0.39, 0.29) is 12.5 Å². The second-order valence-electron chi connectivity index (χ2n) is 3.15. The maximum atomic E-state index is 8.88. The van der Waals surface area contributed by atoms with Crippen molar-refractivity contribution in [3.8, 4) is 6.07 Å². The standard InChI is InChI=1S/C8H13NO2/c1-7(4-10)8(5-9)2-3-11-6-8/h7,10H,2-4,6H2,1H3. The number of nitrogens with zero attached hydrogens (tertiary/aromatic N) is 1. The van der Waals surface area contributed by atoms with Gasteiger partial charge in [0.25, 0.3) is 0 Å². The second kappa shape index (κ2) is 3.21. The van der Waals surface area contributed by atoms with E-state index in [9.17, 15) is 0 Å². The first-order valence-corrected chi connectivity index (χ1v) is 3.85. The number of rotatable bonds is 2. The first kappa shape index (κ1) is 8.51. The van der Waals surface area contributed by atoms with E-state index in [1.807, 2.05) is 6.92 Å². The Morgan fingerprint density at radius 2 is 2.55 bits per heavy atom. The highest BCUT2D eigenvalue weighted by Gasteiger charge is 2.39. The Balaban J connectivity index is 2.68. The molecule has 3 nitrogen and oxygen atoms in total. The van der Waals surface area contributed by atoms with E-state index in [2.05, 4.69) is 6.07 Å². The highest BCUT2D eigenvalue weighted by Crippen LogP contribution is 2.35. The van der Waals surface area contributed by atoms with Gasteiger partial charge in [0.15, 0.2) is 0 Å². The highest BCUT2D eigenvalue weighted by molar-refractivity contribution is 5.04. The molecule has 0 aromatic heterocycles. The van der Waals surface area contributed by atoms with E-state index < -0.39 is 5.41 Å². The van der Waals surface area contributed by atoms with Gasteiger partial charge in [-0.2, -0.15) is 5.26 Å². The summed E-state index contributed by atoms with van der Waals surface area (Å²) in [5, 5.41) is 17.8. The molecule has 0 saturated carbocycles. The maximum absolute atomic E-state index is 8.88. The van der Waals surface area contributed by atoms with Crippen molar-refractivity contribution in [3.05, 3.63) is 0 Å². The van der Waals surface area contributed by atoms with Gasteiger partial charge in [0, 0.05) is 19.1 Å². The number of ether oxygens (including phenoxy) is 1. The molecule has 0 amide bonds. The highest BCUT2D eigenvalue weighted by atomic mass is 16.5. The summed E-state index contributed by atoms with van der Waals surface area (Å²) in [7, 11) is 0. The second-order valence-corrected chi connectivity index (χ2v) is 3.15. The van der Waals surface area contributed by atoms with Gasteiger partial charge in [-0.25, -0.2) is 0 Å². The Bertz CT molecular complexity index is 167. The minimum Gasteiger partial charge on any atom is -0.396 e. The predicted octanol–water partition coefficient (Wildman–Crippen LogP) is 0.545. The number of aliphatic hydroxyl groups excluding tert-OH is 1. The summed E-state index contributed by atoms with van der Waals surface area (Å²) in [6, 6.07) is 2.24. The minimum atomic E-state index is -0.422. The van der Waals surface area contributed by atoms with E-state index in [0.717, 1.165) is 6.42 Å². The first-order valence-electron chi connectivity index (χ1n) is 3.85. The molecular formula is C8H13NO2. The lowest BCUT2D eigenvalue weighted by Gasteiger charge is -2.24. The third kappa shape index (κ3) is 1.37. The van der Waals surface area contributed by atoms with Crippen molar-refractivity contribution in [2.45, 2.75) is 13.3 Å². The van der Waals surface area contributed by atoms with Crippen LogP contribution in [0.3, 0.4) is 0 Å². The molecule has 3 heteroatoms. The third-order valence-electron chi connectivity index (χ3n) is 2.49. The van der Waals surface area contributed by atoms with Crippen LogP contribution in [0.15, 0.2) is 0 Å². The molecule has 2 atom stereocenters. The summed E-state index contributed by atoms with van der Waals surface area (Å²) in [5.74, 6) is 0.0231. The largest absolute Gasteiger partial charge is 0.396 e. The summed E-state index contributed by atoms with van der Waals surface area (Å²) in [4.78, 5) is 0. The van der Waals surface area contributed by atoms with Crippen LogP contribution in [-0.4, -0.2) is 24.9 Å². The predicted molar refractivity (Wildman–Crippen MR) is 39.7 cm³/mol. The van der Waals surface area contributed by atoms with Crippen LogP contribution in [0.4, 0.5) is 0 Å². The molecule has 2 unspecified atom stereocenters. The zero-order valence-electron chi connectivity index (χ0n) is 6.71. The SMILES string of the molecule is CC(CO)C1(C#N)CCOC1. The Kier molecular flexibility index (Phi) is 2.48. The van der Waals surface area contributed by atoms with Gasteiger partial charge in [0.05, 0.1) is 18.1 Å². The van der Waals surface area contributed by atoms with Gasteiger partial charge in [0.1, 0.15) is 0 Å². The molecule has 1 rings (SSSR count). The lowest BCUT2D eigenvalue weighted by molar-refractivity contribution is 0.113. The van der Waals surface area contributed by atoms with Crippen molar-refractivity contribution in [1.82, 2.24) is 0 Å². The molecular weight excluding hydrogens is 142 g/mol. The fourth-order valence-electron chi connectivity index (χ4n) is 1.34. The van der Waals surface area contributed by atoms with E-state index in [1.165, 1.54) is 0 Å². The van der Waals surface area contributed by atoms with Crippen molar-refractivity contribution in [2.75, 3.05) is 19.8 Å². The van der Waals surface area contributed by atoms with E-state index in [0.29, 0.717) is 13.2 Å². The van der Waals surface area contributed by atoms with Crippen LogP contribution < -0.4 is 0 Å². The fourth-order valence-corrected chi connectivity index (χ4v) is 1.34. The van der Waals surface area contributed by atoms with Gasteiger partial charge in [-0.1, -0.05) is 6.92 Å². The molecule has 0 aromatic carbocycles. The van der Waals surface area contributed by atoms with Crippen LogP contribution in [0.25, 0.3) is 0 Å². The minimum absolute atomic E-state index is 0.0231. The van der Waals surface area contributed by atoms with Crippen LogP contribution in [0.2, 0.25) is 0 Å². The first-order chi connectivity index (χ1) is 5.25. The number of hydrogen-bond donors (Lipinski definition) is 1. The molecule has 0 aliphatic carbocycles. The quantitative estimate of drug-likeness (QED) is 0.633. The normalized spacial score (nSPS) is 33.2. The van der Waals surface area contributed by atoms with Crippen LogP contribution in [0.1, 0.15) is 13.3 Å². The molecule has 1 aliphatic rings. The Morgan fingerprint density at radius 1 is 1.82 bits per heavy atom. The van der Waals surface area contributed by atoms with E-state index in [1.54, 1.807) is 0 Å². The van der Waals surface area contributed by atoms with Gasteiger partial charge in [-0.3, -0.25) is 0 Å². The molecule has 0 radical (unpaired) electrons. The van der Waals surface area contributed by atoms with E-state index >= 15 is 0 Å². The van der Waals surface area contributed by atoms with Gasteiger partial charge in [-0.05, 0) is 6.42 Å². The summed E-state index contributed by atoms with van der Waals surface area (Å²) >= 11 is 0. The zero-order chi connectivity index (χ0) is 8.32. The maximum Gasteiger partial charge on any atom is 0.0875 e. The summed E-state index contributed by atoms with van der Waals surface area (Å²) < 4.78 is 5.14. The Morgan fingerprint density at radius 3 is 2.91 bits per heavy atom. The number of aliphatic hydroxyl groups is 1. The summed E-state index contributed by atoms with van der Waals surface area (Å²) in [6.07, 6.45) is 0.755. The summed E-state index contributed by atoms with van der Waals surface area (Å²) in [6.45, 7) is 3.08. The van der Waals surface area contributed by atoms with E-state index in [4.69, 9.17) is 15.1 Å². The molecule has 0 bridgehead atoms. The average molecular weight is 155 g/mol. The van der Waals surface area contributed by atoms with Crippen LogP contribution >= 0.6 is 0 Å². The monoisotopic (exact) mass is 155 g/mol. The molecule has 1 N–H and O–H groups in total. The molecule has 1 aliphatic heterocycles. The molecule has 1 fully saturated rings. The lowest BCUT2D eigenvalue weighted by Crippen LogP contribution is -2.29. The van der Waals surface area contributed by atoms with Crippen LogP contribution in [0, 0.1) is 22.7 Å². The third-order valence-corrected chi connectivity index (χ3v) is 2.49. The Labute approximate surface area is 66.6 Å². The molecule has 11 heavy (non-hydrogen) atoms. The zero-order valence-corrected chi connectivity index (χ0v) is 6.71. The van der Waals surface area contributed by atoms with Crippen LogP contribution in [0.5, 0.6) is 0 Å². The van der Waals surface area contributed by atoms with Gasteiger partial charge < -0.3 is 9.84 Å². The number of hydrogen-bond acceptors (Lipinski definition) is 3. The topological polar surface area (TPSA) is 53.2 Å². The molecule has 62 valence electrons. The fraction of sp³-hybridized carbons (Fsp3) is 0.875. The van der Waals surface area contributed by atoms with Gasteiger partial charge in [-0.15, -0.1) is 0 Å². The van der Waals surface area contributed by atoms with Crippen molar-refractivity contribution < 1.29 is 9.84 Å². The van der Waals surface area contributed by atoms with Gasteiger partial charge in [0.2, 0.25) is 0 Å². The van der Waals surface area contributed by atoms with Crippen molar-refractivity contribution in [1.29, 1.82) is 5.26 Å². The van der Waals surface area contributed by atoms with Crippen molar-refractivity contribution in [3.63, 3.8) is 0 Å². The molecule has 1 heterocycles. The van der Waals surface area contributed by atoms with Gasteiger partial charge >= 0.3 is 0 Å². The van der Waals surface area contributed by atoms with Crippen LogP contribution in [-0.2, 0) is 4.74 Å². The summed E-state index contributed by atoms with van der Waals surface area (Å²) in [5.41, 5.74) is -0.422. The van der Waals surface area contributed by atoms with Crippen molar-refractivity contribution >= 4 is 0 Å². The lowest BCUT2D eigenvalue weighted by atomic mass is 9.77. The molecule has 0 aromatic rings. The average Bonchev–Trinajstić information content (AvgIpc) is 2.52. The van der Waals surface area contributed by atoms with Crippen molar-refractivity contribution in [2.24, 2.45) is 11.3 Å². The Hall–Kier alpha value is -0.590. The number of nitriles is 1. The molecule has 1 saturated heterocycles. The molecule has 0 spiro atoms. The smallest absolute Gasteiger partial charge is 0.0875 e.